The summed E-state index contributed by atoms with van der Waals surface area (Å²) in [5, 5.41) is 17.3. The molecule has 2 N–H and O–H groups in total. The Hall–Kier alpha value is -2.56. The van der Waals surface area contributed by atoms with E-state index in [-0.39, 0.29) is 0 Å². The summed E-state index contributed by atoms with van der Waals surface area (Å²) in [7, 11) is 3.86. The highest BCUT2D eigenvalue weighted by Gasteiger charge is 2.13. The van der Waals surface area contributed by atoms with Crippen LogP contribution in [0.1, 0.15) is 5.56 Å². The Morgan fingerprint density at radius 3 is 2.00 bits per heavy atom. The van der Waals surface area contributed by atoms with Crippen molar-refractivity contribution in [1.29, 1.82) is 0 Å². The van der Waals surface area contributed by atoms with Crippen LogP contribution in [0.3, 0.4) is 0 Å². The molecule has 0 fully saturated rings. The molecule has 1 aromatic carbocycles. The van der Waals surface area contributed by atoms with E-state index in [1.54, 1.807) is 6.08 Å². The van der Waals surface area contributed by atoms with Crippen molar-refractivity contribution in [3.8, 4) is 0 Å². The number of hydrogen-bond acceptors (Lipinski definition) is 3. The molecule has 0 saturated carbocycles. The van der Waals surface area contributed by atoms with Gasteiger partial charge in [-0.05, 0) is 23.8 Å². The van der Waals surface area contributed by atoms with Crippen molar-refractivity contribution in [1.82, 2.24) is 0 Å². The van der Waals surface area contributed by atoms with Crippen LogP contribution in [-0.4, -0.2) is 36.2 Å². The van der Waals surface area contributed by atoms with Gasteiger partial charge in [0.15, 0.2) is 0 Å². The number of hydrogen-bond donors (Lipinski definition) is 2. The smallest absolute Gasteiger partial charge is 0.343 e. The highest BCUT2D eigenvalue weighted by Crippen LogP contribution is 2.13. The first-order valence-electron chi connectivity index (χ1n) is 5.54. The van der Waals surface area contributed by atoms with Gasteiger partial charge in [-0.25, -0.2) is 9.59 Å². The van der Waals surface area contributed by atoms with Crippen molar-refractivity contribution < 1.29 is 19.8 Å². The number of nitrogens with zero attached hydrogens (tertiary/aromatic N) is 1. The number of carboxylic acids is 2. The molecule has 100 valence electrons. The second kappa shape index (κ2) is 6.39. The quantitative estimate of drug-likeness (QED) is 0.366. The largest absolute Gasteiger partial charge is 0.477 e. The van der Waals surface area contributed by atoms with Crippen molar-refractivity contribution in [2.75, 3.05) is 19.0 Å². The maximum atomic E-state index is 10.6. The molecule has 5 heteroatoms. The van der Waals surface area contributed by atoms with Gasteiger partial charge < -0.3 is 15.1 Å². The lowest BCUT2D eigenvalue weighted by atomic mass is 10.1. The highest BCUT2D eigenvalue weighted by atomic mass is 16.4. The Labute approximate surface area is 111 Å². The Kier molecular flexibility index (Phi) is 4.88. The van der Waals surface area contributed by atoms with Gasteiger partial charge in [-0.1, -0.05) is 24.3 Å². The first kappa shape index (κ1) is 14.5. The Morgan fingerprint density at radius 2 is 1.58 bits per heavy atom. The average molecular weight is 261 g/mol. The van der Waals surface area contributed by atoms with Crippen LogP contribution in [0, 0.1) is 0 Å². The number of anilines is 1. The van der Waals surface area contributed by atoms with Gasteiger partial charge >= 0.3 is 11.9 Å². The summed E-state index contributed by atoms with van der Waals surface area (Å²) < 4.78 is 0. The van der Waals surface area contributed by atoms with E-state index in [1.807, 2.05) is 43.3 Å². The third kappa shape index (κ3) is 4.31. The number of rotatable bonds is 5. The predicted molar refractivity (Wildman–Crippen MR) is 73.2 cm³/mol. The Morgan fingerprint density at radius 1 is 1.05 bits per heavy atom. The Bertz CT molecular complexity index is 511. The molecule has 0 aliphatic heterocycles. The maximum Gasteiger partial charge on any atom is 0.343 e. The number of allylic oxidation sites excluding steroid dienone is 2. The van der Waals surface area contributed by atoms with E-state index in [0.29, 0.717) is 0 Å². The van der Waals surface area contributed by atoms with Crippen molar-refractivity contribution >= 4 is 23.7 Å². The van der Waals surface area contributed by atoms with Gasteiger partial charge in [0.1, 0.15) is 5.57 Å². The first-order valence-corrected chi connectivity index (χ1v) is 5.54. The van der Waals surface area contributed by atoms with Crippen molar-refractivity contribution in [2.24, 2.45) is 0 Å². The third-order valence-electron chi connectivity index (χ3n) is 2.42. The molecule has 0 unspecified atom stereocenters. The van der Waals surface area contributed by atoms with Gasteiger partial charge in [0.05, 0.1) is 0 Å². The summed E-state index contributed by atoms with van der Waals surface area (Å²) >= 11 is 0. The standard InChI is InChI=1S/C14H15NO4/c1-15(2)11-8-6-10(7-9-11)4-3-5-12(13(16)17)14(18)19/h3-9H,1-2H3,(H,16,17)(H,18,19)/b4-3+. The minimum atomic E-state index is -1.46. The van der Waals surface area contributed by atoms with Crippen molar-refractivity contribution in [3.05, 3.63) is 47.6 Å². The normalized spacial score (nSPS) is 10.2. The number of aliphatic carboxylic acids is 2. The second-order valence-corrected chi connectivity index (χ2v) is 4.04. The summed E-state index contributed by atoms with van der Waals surface area (Å²) in [6, 6.07) is 7.55. The molecule has 0 aliphatic rings. The Balaban J connectivity index is 2.84. The SMILES string of the molecule is CN(C)c1ccc(/C=C/C=C(C(=O)O)C(=O)O)cc1. The average Bonchev–Trinajstić information content (AvgIpc) is 2.34. The molecule has 0 bridgehead atoms. The van der Waals surface area contributed by atoms with Gasteiger partial charge in [0, 0.05) is 19.8 Å². The molecule has 0 spiro atoms. The lowest BCUT2D eigenvalue weighted by molar-refractivity contribution is -0.140. The molecule has 0 saturated heterocycles. The molecular formula is C14H15NO4. The summed E-state index contributed by atoms with van der Waals surface area (Å²) in [5.41, 5.74) is 1.24. The van der Waals surface area contributed by atoms with Crippen LogP contribution in [0.5, 0.6) is 0 Å². The van der Waals surface area contributed by atoms with Crippen LogP contribution >= 0.6 is 0 Å². The summed E-state index contributed by atoms with van der Waals surface area (Å²) in [6.07, 6.45) is 4.11. The van der Waals surface area contributed by atoms with E-state index >= 15 is 0 Å². The maximum absolute atomic E-state index is 10.6. The number of carbonyl (C=O) groups is 2. The molecule has 0 radical (unpaired) electrons. The first-order chi connectivity index (χ1) is 8.91. The second-order valence-electron chi connectivity index (χ2n) is 4.04. The zero-order chi connectivity index (χ0) is 14.4. The number of carboxylic acid groups (broad SMARTS) is 2. The lowest BCUT2D eigenvalue weighted by Gasteiger charge is -2.11. The molecule has 0 amide bonds. The summed E-state index contributed by atoms with van der Waals surface area (Å²) in [4.78, 5) is 23.2. The molecule has 0 heterocycles. The van der Waals surface area contributed by atoms with E-state index < -0.39 is 17.5 Å². The fourth-order valence-corrected chi connectivity index (χ4v) is 1.37. The highest BCUT2D eigenvalue weighted by molar-refractivity contribution is 6.12. The molecule has 1 rings (SSSR count). The zero-order valence-electron chi connectivity index (χ0n) is 10.7. The summed E-state index contributed by atoms with van der Waals surface area (Å²) in [6.45, 7) is 0. The topological polar surface area (TPSA) is 77.8 Å². The molecule has 19 heavy (non-hydrogen) atoms. The van der Waals surface area contributed by atoms with Gasteiger partial charge in [-0.3, -0.25) is 0 Å². The van der Waals surface area contributed by atoms with E-state index in [4.69, 9.17) is 10.2 Å². The van der Waals surface area contributed by atoms with Crippen LogP contribution in [-0.2, 0) is 9.59 Å². The fraction of sp³-hybridized carbons (Fsp3) is 0.143. The minimum absolute atomic E-state index is 0.666. The van der Waals surface area contributed by atoms with Gasteiger partial charge in [0.2, 0.25) is 0 Å². The zero-order valence-corrected chi connectivity index (χ0v) is 10.7. The molecule has 5 nitrogen and oxygen atoms in total. The van der Waals surface area contributed by atoms with Gasteiger partial charge in [0.25, 0.3) is 0 Å². The third-order valence-corrected chi connectivity index (χ3v) is 2.42. The van der Waals surface area contributed by atoms with Gasteiger partial charge in [-0.15, -0.1) is 0 Å². The molecule has 0 aliphatic carbocycles. The van der Waals surface area contributed by atoms with Crippen LogP contribution in [0.25, 0.3) is 6.08 Å². The van der Waals surface area contributed by atoms with Crippen molar-refractivity contribution in [3.63, 3.8) is 0 Å². The molecule has 0 atom stereocenters. The van der Waals surface area contributed by atoms with E-state index in [2.05, 4.69) is 0 Å². The fourth-order valence-electron chi connectivity index (χ4n) is 1.37. The van der Waals surface area contributed by atoms with E-state index in [0.717, 1.165) is 17.3 Å². The van der Waals surface area contributed by atoms with Crippen molar-refractivity contribution in [2.45, 2.75) is 0 Å². The van der Waals surface area contributed by atoms with E-state index in [1.165, 1.54) is 6.08 Å². The number of benzene rings is 1. The van der Waals surface area contributed by atoms with Crippen LogP contribution in [0.2, 0.25) is 0 Å². The van der Waals surface area contributed by atoms with Crippen LogP contribution in [0.15, 0.2) is 42.0 Å². The minimum Gasteiger partial charge on any atom is -0.477 e. The van der Waals surface area contributed by atoms with Crippen LogP contribution in [0.4, 0.5) is 5.69 Å². The molecule has 1 aromatic rings. The predicted octanol–water partition coefficient (Wildman–Crippen LogP) is 1.86. The monoisotopic (exact) mass is 261 g/mol. The van der Waals surface area contributed by atoms with Crippen LogP contribution < -0.4 is 4.90 Å². The van der Waals surface area contributed by atoms with Gasteiger partial charge in [-0.2, -0.15) is 0 Å². The molecular weight excluding hydrogens is 246 g/mol. The van der Waals surface area contributed by atoms with E-state index in [9.17, 15) is 9.59 Å². The summed E-state index contributed by atoms with van der Waals surface area (Å²) in [5.74, 6) is -2.92. The molecule has 0 aromatic heterocycles. The lowest BCUT2D eigenvalue weighted by Crippen LogP contribution is -2.10.